The Kier molecular flexibility index (Phi) is 3.95. The Bertz CT molecular complexity index is 578. The molecule has 0 aliphatic rings. The Labute approximate surface area is 111 Å². The number of likely N-dealkylation sites (N-methyl/N-ethyl adjacent to an activating group) is 1. The molecule has 19 heavy (non-hydrogen) atoms. The molecule has 0 saturated heterocycles. The van der Waals surface area contributed by atoms with Crippen LogP contribution in [0, 0.1) is 18.6 Å². The Morgan fingerprint density at radius 2 is 2.00 bits per heavy atom. The molecule has 1 N–H and O–H groups in total. The second-order valence-corrected chi connectivity index (χ2v) is 4.62. The minimum Gasteiger partial charge on any atom is -0.313 e. The average Bonchev–Trinajstić information content (AvgIpc) is 2.68. The van der Waals surface area contributed by atoms with Crippen LogP contribution in [0.1, 0.15) is 23.0 Å². The number of halogens is 2. The zero-order valence-corrected chi connectivity index (χ0v) is 11.2. The predicted molar refractivity (Wildman–Crippen MR) is 69.8 cm³/mol. The van der Waals surface area contributed by atoms with E-state index in [1.807, 2.05) is 20.0 Å². The van der Waals surface area contributed by atoms with Gasteiger partial charge in [-0.3, -0.25) is 4.68 Å². The van der Waals surface area contributed by atoms with E-state index in [0.29, 0.717) is 6.42 Å². The molecule has 0 aliphatic heterocycles. The van der Waals surface area contributed by atoms with Crippen molar-refractivity contribution >= 4 is 0 Å². The zero-order valence-electron chi connectivity index (χ0n) is 11.2. The van der Waals surface area contributed by atoms with E-state index in [1.165, 1.54) is 6.07 Å². The van der Waals surface area contributed by atoms with E-state index in [0.717, 1.165) is 23.0 Å². The largest absolute Gasteiger partial charge is 0.313 e. The summed E-state index contributed by atoms with van der Waals surface area (Å²) in [5, 5.41) is 7.40. The van der Waals surface area contributed by atoms with Crippen LogP contribution in [0.5, 0.6) is 0 Å². The van der Waals surface area contributed by atoms with Gasteiger partial charge in [-0.15, -0.1) is 0 Å². The first-order chi connectivity index (χ1) is 9.01. The van der Waals surface area contributed by atoms with Gasteiger partial charge in [0.2, 0.25) is 0 Å². The second-order valence-electron chi connectivity index (χ2n) is 4.62. The lowest BCUT2D eigenvalue weighted by molar-refractivity contribution is 0.499. The highest BCUT2D eigenvalue weighted by atomic mass is 19.2. The smallest absolute Gasteiger partial charge is 0.159 e. The van der Waals surface area contributed by atoms with E-state index >= 15 is 0 Å². The van der Waals surface area contributed by atoms with Gasteiger partial charge in [0.05, 0.1) is 5.69 Å². The average molecular weight is 265 g/mol. The van der Waals surface area contributed by atoms with Crippen LogP contribution in [0.25, 0.3) is 0 Å². The number of nitrogens with zero attached hydrogens (tertiary/aromatic N) is 2. The van der Waals surface area contributed by atoms with Gasteiger partial charge < -0.3 is 5.32 Å². The first-order valence-corrected chi connectivity index (χ1v) is 6.13. The van der Waals surface area contributed by atoms with Crippen molar-refractivity contribution in [2.45, 2.75) is 19.4 Å². The molecule has 0 fully saturated rings. The molecule has 0 spiro atoms. The van der Waals surface area contributed by atoms with Gasteiger partial charge in [0.25, 0.3) is 0 Å². The summed E-state index contributed by atoms with van der Waals surface area (Å²) in [6.07, 6.45) is 0.666. The molecule has 2 rings (SSSR count). The number of nitrogens with one attached hydrogen (secondary N) is 1. The van der Waals surface area contributed by atoms with E-state index in [-0.39, 0.29) is 6.04 Å². The third-order valence-electron chi connectivity index (χ3n) is 3.21. The molecular weight excluding hydrogens is 248 g/mol. The number of aryl methyl sites for hydroxylation is 2. The van der Waals surface area contributed by atoms with Gasteiger partial charge in [-0.25, -0.2) is 8.78 Å². The van der Waals surface area contributed by atoms with Gasteiger partial charge in [0, 0.05) is 25.2 Å². The van der Waals surface area contributed by atoms with Crippen molar-refractivity contribution in [3.63, 3.8) is 0 Å². The molecule has 2 aromatic rings. The second kappa shape index (κ2) is 5.48. The molecule has 0 aliphatic carbocycles. The van der Waals surface area contributed by atoms with Crippen LogP contribution in [0.2, 0.25) is 0 Å². The van der Waals surface area contributed by atoms with Crippen molar-refractivity contribution in [2.75, 3.05) is 7.05 Å². The van der Waals surface area contributed by atoms with E-state index in [4.69, 9.17) is 0 Å². The van der Waals surface area contributed by atoms with Crippen molar-refractivity contribution in [1.82, 2.24) is 15.1 Å². The SMILES string of the molecule is CNC(Cc1cc(C)nn1C)c1ccc(F)c(F)c1. The van der Waals surface area contributed by atoms with Gasteiger partial charge in [0.15, 0.2) is 11.6 Å². The molecule has 0 amide bonds. The summed E-state index contributed by atoms with van der Waals surface area (Å²) in [5.41, 5.74) is 2.71. The summed E-state index contributed by atoms with van der Waals surface area (Å²) >= 11 is 0. The van der Waals surface area contributed by atoms with Crippen LogP contribution in [0.3, 0.4) is 0 Å². The molecule has 1 aromatic carbocycles. The summed E-state index contributed by atoms with van der Waals surface area (Å²) in [4.78, 5) is 0. The maximum Gasteiger partial charge on any atom is 0.159 e. The third-order valence-corrected chi connectivity index (χ3v) is 3.21. The predicted octanol–water partition coefficient (Wildman–Crippen LogP) is 2.51. The molecule has 0 radical (unpaired) electrons. The fourth-order valence-corrected chi connectivity index (χ4v) is 2.18. The number of hydrogen-bond donors (Lipinski definition) is 1. The molecule has 5 heteroatoms. The highest BCUT2D eigenvalue weighted by Crippen LogP contribution is 2.20. The molecule has 3 nitrogen and oxygen atoms in total. The Balaban J connectivity index is 2.24. The van der Waals surface area contributed by atoms with Crippen LogP contribution >= 0.6 is 0 Å². The molecule has 0 saturated carbocycles. The van der Waals surface area contributed by atoms with Gasteiger partial charge in [-0.1, -0.05) is 6.07 Å². The molecule has 102 valence electrons. The van der Waals surface area contributed by atoms with E-state index < -0.39 is 11.6 Å². The highest BCUT2D eigenvalue weighted by Gasteiger charge is 2.15. The van der Waals surface area contributed by atoms with Crippen LogP contribution in [-0.2, 0) is 13.5 Å². The maximum atomic E-state index is 13.3. The van der Waals surface area contributed by atoms with Gasteiger partial charge in [0.1, 0.15) is 0 Å². The lowest BCUT2D eigenvalue weighted by Crippen LogP contribution is -2.20. The summed E-state index contributed by atoms with van der Waals surface area (Å²) in [6.45, 7) is 1.93. The first kappa shape index (κ1) is 13.7. The van der Waals surface area contributed by atoms with Crippen molar-refractivity contribution in [3.8, 4) is 0 Å². The van der Waals surface area contributed by atoms with Crippen molar-refractivity contribution in [3.05, 3.63) is 52.9 Å². The summed E-state index contributed by atoms with van der Waals surface area (Å²) in [6, 6.07) is 5.90. The molecule has 1 unspecified atom stereocenters. The fourth-order valence-electron chi connectivity index (χ4n) is 2.18. The lowest BCUT2D eigenvalue weighted by Gasteiger charge is -2.17. The standard InChI is InChI=1S/C14H17F2N3/c1-9-6-11(19(3)18-9)8-14(17-2)10-4-5-12(15)13(16)7-10/h4-7,14,17H,8H2,1-3H3. The monoisotopic (exact) mass is 265 g/mol. The maximum absolute atomic E-state index is 13.3. The van der Waals surface area contributed by atoms with Crippen molar-refractivity contribution in [2.24, 2.45) is 7.05 Å². The Morgan fingerprint density at radius 3 is 2.53 bits per heavy atom. The summed E-state index contributed by atoms with van der Waals surface area (Å²) in [7, 11) is 3.68. The van der Waals surface area contributed by atoms with Gasteiger partial charge in [-0.2, -0.15) is 5.10 Å². The Hall–Kier alpha value is -1.75. The van der Waals surface area contributed by atoms with E-state index in [1.54, 1.807) is 17.8 Å². The Morgan fingerprint density at radius 1 is 1.26 bits per heavy atom. The summed E-state index contributed by atoms with van der Waals surface area (Å²) < 4.78 is 28.0. The quantitative estimate of drug-likeness (QED) is 0.920. The molecular formula is C14H17F2N3. The zero-order chi connectivity index (χ0) is 14.0. The van der Waals surface area contributed by atoms with Crippen molar-refractivity contribution in [1.29, 1.82) is 0 Å². The normalized spacial score (nSPS) is 12.7. The van der Waals surface area contributed by atoms with Gasteiger partial charge in [-0.05, 0) is 37.7 Å². The lowest BCUT2D eigenvalue weighted by atomic mass is 10.0. The third kappa shape index (κ3) is 2.98. The van der Waals surface area contributed by atoms with Crippen LogP contribution in [0.15, 0.2) is 24.3 Å². The van der Waals surface area contributed by atoms with E-state index in [9.17, 15) is 8.78 Å². The van der Waals surface area contributed by atoms with Crippen LogP contribution < -0.4 is 5.32 Å². The topological polar surface area (TPSA) is 29.9 Å². The number of rotatable bonds is 4. The molecule has 1 atom stereocenters. The fraction of sp³-hybridized carbons (Fsp3) is 0.357. The number of benzene rings is 1. The van der Waals surface area contributed by atoms with Crippen LogP contribution in [0.4, 0.5) is 8.78 Å². The molecule has 1 aromatic heterocycles. The van der Waals surface area contributed by atoms with Crippen LogP contribution in [-0.4, -0.2) is 16.8 Å². The minimum atomic E-state index is -0.824. The molecule has 1 heterocycles. The van der Waals surface area contributed by atoms with Crippen molar-refractivity contribution < 1.29 is 8.78 Å². The summed E-state index contributed by atoms with van der Waals surface area (Å²) in [5.74, 6) is -1.64. The first-order valence-electron chi connectivity index (χ1n) is 6.13. The minimum absolute atomic E-state index is 0.0788. The van der Waals surface area contributed by atoms with Gasteiger partial charge >= 0.3 is 0 Å². The number of aromatic nitrogens is 2. The molecule has 0 bridgehead atoms. The highest BCUT2D eigenvalue weighted by molar-refractivity contribution is 5.23. The van der Waals surface area contributed by atoms with E-state index in [2.05, 4.69) is 10.4 Å². The number of hydrogen-bond acceptors (Lipinski definition) is 2.